The second kappa shape index (κ2) is 30.7. The van der Waals surface area contributed by atoms with Crippen LogP contribution in [0.2, 0.25) is 0 Å². The number of rotatable bonds is 30. The maximum Gasteiger partial charge on any atom is 0.243 e. The highest BCUT2D eigenvalue weighted by Crippen LogP contribution is 2.20. The molecule has 3 aliphatic rings. The van der Waals surface area contributed by atoms with Crippen molar-refractivity contribution in [2.24, 2.45) is 0 Å². The number of allylic oxidation sites excluding steroid dienone is 2. The Hall–Kier alpha value is -1.74. The van der Waals surface area contributed by atoms with Gasteiger partial charge in [0.1, 0.15) is 0 Å². The highest BCUT2D eigenvalue weighted by atomic mass is 16.7. The van der Waals surface area contributed by atoms with Crippen molar-refractivity contribution in [3.63, 3.8) is 0 Å². The molecule has 2 heterocycles. The van der Waals surface area contributed by atoms with E-state index in [4.69, 9.17) is 18.9 Å². The van der Waals surface area contributed by atoms with Gasteiger partial charge in [0.2, 0.25) is 11.8 Å². The number of hydrogen-bond acceptors (Lipinski definition) is 6. The summed E-state index contributed by atoms with van der Waals surface area (Å²) in [5, 5.41) is 6.27. The van der Waals surface area contributed by atoms with Crippen LogP contribution in [0.3, 0.4) is 0 Å². The molecule has 0 radical (unpaired) electrons. The number of amides is 2. The minimum atomic E-state index is -0.0386. The van der Waals surface area contributed by atoms with Gasteiger partial charge in [-0.15, -0.1) is 0 Å². The molecule has 0 spiro atoms. The lowest BCUT2D eigenvalue weighted by Crippen LogP contribution is -2.47. The zero-order valence-electron chi connectivity index (χ0n) is 32.4. The van der Waals surface area contributed by atoms with Gasteiger partial charge in [0.25, 0.3) is 0 Å². The highest BCUT2D eigenvalue weighted by Gasteiger charge is 2.28. The first kappa shape index (κ1) is 43.7. The number of carbonyl (C=O) groups excluding carboxylic acids is 2. The van der Waals surface area contributed by atoms with Crippen LogP contribution in [0.25, 0.3) is 0 Å². The number of hydrogen-bond donors (Lipinski definition) is 2. The summed E-state index contributed by atoms with van der Waals surface area (Å²) < 4.78 is 22.9. The van der Waals surface area contributed by atoms with Crippen molar-refractivity contribution in [3.8, 4) is 0 Å². The summed E-state index contributed by atoms with van der Waals surface area (Å²) in [6.45, 7) is 3.38. The van der Waals surface area contributed by atoms with Crippen LogP contribution in [0.4, 0.5) is 0 Å². The van der Waals surface area contributed by atoms with Gasteiger partial charge in [0, 0.05) is 38.5 Å². The number of ether oxygens (including phenoxy) is 4. The summed E-state index contributed by atoms with van der Waals surface area (Å²) in [7, 11) is 0. The van der Waals surface area contributed by atoms with Gasteiger partial charge in [0.15, 0.2) is 12.6 Å². The Morgan fingerprint density at radius 2 is 0.843 bits per heavy atom. The molecule has 2 amide bonds. The zero-order valence-corrected chi connectivity index (χ0v) is 32.4. The second-order valence-corrected chi connectivity index (χ2v) is 15.2. The Morgan fingerprint density at radius 3 is 1.22 bits per heavy atom. The SMILES string of the molecule is O=C(C=CCCCCCCCCCCCOC1CCCCO1)N[C@H]1CCC[C@H]1NC(=O)C=CCCCCCCCCCCCOC1CCCCO1. The topological polar surface area (TPSA) is 95.1 Å². The Bertz CT molecular complexity index is 842. The molecule has 4 atom stereocenters. The maximum atomic E-state index is 12.5. The molecule has 0 aromatic heterocycles. The van der Waals surface area contributed by atoms with Crippen molar-refractivity contribution in [2.45, 2.75) is 211 Å². The molecule has 8 heteroatoms. The van der Waals surface area contributed by atoms with E-state index >= 15 is 0 Å². The van der Waals surface area contributed by atoms with E-state index < -0.39 is 0 Å². The predicted octanol–water partition coefficient (Wildman–Crippen LogP) is 10.1. The van der Waals surface area contributed by atoms with E-state index in [0.29, 0.717) is 0 Å². The van der Waals surface area contributed by atoms with Crippen LogP contribution in [0.1, 0.15) is 186 Å². The summed E-state index contributed by atoms with van der Waals surface area (Å²) in [6, 6.07) is 0.0323. The molecule has 0 aromatic rings. The molecule has 8 nitrogen and oxygen atoms in total. The van der Waals surface area contributed by atoms with E-state index in [1.165, 1.54) is 116 Å². The van der Waals surface area contributed by atoms with E-state index in [2.05, 4.69) is 10.6 Å². The summed E-state index contributed by atoms with van der Waals surface area (Å²) in [5.74, 6) is -0.0771. The van der Waals surface area contributed by atoms with E-state index in [1.807, 2.05) is 12.2 Å². The average Bonchev–Trinajstić information content (AvgIpc) is 3.58. The molecule has 3 fully saturated rings. The molecule has 2 N–H and O–H groups in total. The third kappa shape index (κ3) is 23.5. The van der Waals surface area contributed by atoms with Crippen LogP contribution >= 0.6 is 0 Å². The molecule has 2 unspecified atom stereocenters. The van der Waals surface area contributed by atoms with Gasteiger partial charge in [-0.05, 0) is 108 Å². The smallest absolute Gasteiger partial charge is 0.243 e. The van der Waals surface area contributed by atoms with Crippen molar-refractivity contribution in [1.82, 2.24) is 10.6 Å². The van der Waals surface area contributed by atoms with Crippen molar-refractivity contribution in [1.29, 1.82) is 0 Å². The van der Waals surface area contributed by atoms with E-state index in [-0.39, 0.29) is 36.5 Å². The maximum absolute atomic E-state index is 12.5. The van der Waals surface area contributed by atoms with Crippen molar-refractivity contribution < 1.29 is 28.5 Å². The normalized spacial score (nSPS) is 22.6. The largest absolute Gasteiger partial charge is 0.353 e. The van der Waals surface area contributed by atoms with Crippen LogP contribution in [0.5, 0.6) is 0 Å². The molecule has 2 aliphatic heterocycles. The van der Waals surface area contributed by atoms with E-state index in [9.17, 15) is 9.59 Å². The lowest BCUT2D eigenvalue weighted by molar-refractivity contribution is -0.163. The van der Waals surface area contributed by atoms with Crippen LogP contribution < -0.4 is 10.6 Å². The summed E-state index contributed by atoms with van der Waals surface area (Å²) in [4.78, 5) is 25.0. The quantitative estimate of drug-likeness (QED) is 0.0568. The molecule has 0 aromatic carbocycles. The van der Waals surface area contributed by atoms with Gasteiger partial charge < -0.3 is 29.6 Å². The van der Waals surface area contributed by atoms with Crippen molar-refractivity contribution in [2.75, 3.05) is 26.4 Å². The van der Waals surface area contributed by atoms with Gasteiger partial charge in [-0.1, -0.05) is 102 Å². The van der Waals surface area contributed by atoms with Gasteiger partial charge >= 0.3 is 0 Å². The molecule has 1 saturated carbocycles. The number of carbonyl (C=O) groups is 2. The fourth-order valence-corrected chi connectivity index (χ4v) is 7.47. The molecule has 3 rings (SSSR count). The van der Waals surface area contributed by atoms with Gasteiger partial charge in [-0.25, -0.2) is 0 Å². The minimum absolute atomic E-state index is 0.0161. The second-order valence-electron chi connectivity index (χ2n) is 15.2. The molecular formula is C43H76N2O6. The predicted molar refractivity (Wildman–Crippen MR) is 207 cm³/mol. The Balaban J connectivity index is 1.05. The van der Waals surface area contributed by atoms with E-state index in [1.54, 1.807) is 12.2 Å². The Morgan fingerprint density at radius 1 is 0.471 bits per heavy atom. The molecule has 1 aliphatic carbocycles. The van der Waals surface area contributed by atoms with Crippen molar-refractivity contribution in [3.05, 3.63) is 24.3 Å². The molecule has 2 saturated heterocycles. The first-order valence-corrected chi connectivity index (χ1v) is 21.6. The molecule has 294 valence electrons. The van der Waals surface area contributed by atoms with Gasteiger partial charge in [-0.2, -0.15) is 0 Å². The minimum Gasteiger partial charge on any atom is -0.353 e. The Kier molecular flexibility index (Phi) is 26.3. The summed E-state index contributed by atoms with van der Waals surface area (Å²) >= 11 is 0. The fourth-order valence-electron chi connectivity index (χ4n) is 7.47. The van der Waals surface area contributed by atoms with Crippen LogP contribution in [-0.2, 0) is 28.5 Å². The monoisotopic (exact) mass is 717 g/mol. The van der Waals surface area contributed by atoms with Gasteiger partial charge in [0.05, 0.1) is 0 Å². The van der Waals surface area contributed by atoms with Crippen LogP contribution in [0, 0.1) is 0 Å². The average molecular weight is 717 g/mol. The molecule has 51 heavy (non-hydrogen) atoms. The molecular weight excluding hydrogens is 640 g/mol. The van der Waals surface area contributed by atoms with Crippen molar-refractivity contribution >= 4 is 11.8 Å². The lowest BCUT2D eigenvalue weighted by Gasteiger charge is -2.22. The zero-order chi connectivity index (χ0) is 35.9. The number of nitrogens with one attached hydrogen (secondary N) is 2. The van der Waals surface area contributed by atoms with E-state index in [0.717, 1.165) is 97.1 Å². The third-order valence-corrected chi connectivity index (χ3v) is 10.6. The highest BCUT2D eigenvalue weighted by molar-refractivity contribution is 5.89. The lowest BCUT2D eigenvalue weighted by atomic mass is 10.1. The summed E-state index contributed by atoms with van der Waals surface area (Å²) in [6.07, 6.45) is 41.7. The third-order valence-electron chi connectivity index (χ3n) is 10.6. The van der Waals surface area contributed by atoms with Crippen LogP contribution in [-0.4, -0.2) is 62.9 Å². The standard InChI is InChI=1S/C43H76N2O6/c46-40(30-19-15-11-7-3-1-5-9-13-17-23-34-48-42-32-21-25-36-50-42)44-38-28-27-29-39(38)45-41(47)31-20-16-12-8-4-2-6-10-14-18-24-35-49-43-33-22-26-37-51-43/h19-20,30-31,38-39,42-43H,1-18,21-29,32-37H2,(H,44,46)(H,45,47)/t38-,39+,42?,43?. The van der Waals surface area contributed by atoms with Gasteiger partial charge in [-0.3, -0.25) is 9.59 Å². The Labute approximate surface area is 312 Å². The first-order valence-electron chi connectivity index (χ1n) is 21.6. The van der Waals surface area contributed by atoms with Crippen LogP contribution in [0.15, 0.2) is 24.3 Å². The fraction of sp³-hybridized carbons (Fsp3) is 0.860. The number of unbranched alkanes of at least 4 members (excludes halogenated alkanes) is 18. The summed E-state index contributed by atoms with van der Waals surface area (Å²) in [5.41, 5.74) is 0. The molecule has 0 bridgehead atoms. The first-order chi connectivity index (χ1) is 25.2.